The van der Waals surface area contributed by atoms with Crippen molar-refractivity contribution in [2.75, 3.05) is 5.75 Å². The third-order valence-corrected chi connectivity index (χ3v) is 6.87. The number of amides is 1. The fourth-order valence-corrected chi connectivity index (χ4v) is 5.08. The molecule has 1 atom stereocenters. The van der Waals surface area contributed by atoms with Crippen LogP contribution in [0.1, 0.15) is 35.8 Å². The van der Waals surface area contributed by atoms with Crippen molar-refractivity contribution >= 4 is 17.7 Å². The molecule has 1 aliphatic rings. The van der Waals surface area contributed by atoms with Gasteiger partial charge in [-0.25, -0.2) is 4.39 Å². The van der Waals surface area contributed by atoms with Gasteiger partial charge in [0.05, 0.1) is 11.8 Å². The SMILES string of the molecule is O=C(CSc1nnc(COc2ccccc2F)n1-c1ccccc1)N[C@H]1CCCc2ccccc21. The Balaban J connectivity index is 1.30. The van der Waals surface area contributed by atoms with Crippen molar-refractivity contribution < 1.29 is 13.9 Å². The maximum Gasteiger partial charge on any atom is 0.230 e. The maximum atomic E-state index is 14.0. The maximum absolute atomic E-state index is 14.0. The summed E-state index contributed by atoms with van der Waals surface area (Å²) < 4.78 is 21.5. The Morgan fingerprint density at radius 2 is 1.80 bits per heavy atom. The van der Waals surface area contributed by atoms with Crippen LogP contribution in [-0.4, -0.2) is 26.4 Å². The fraction of sp³-hybridized carbons (Fsp3) is 0.222. The van der Waals surface area contributed by atoms with Crippen molar-refractivity contribution in [1.82, 2.24) is 20.1 Å². The molecule has 0 spiro atoms. The zero-order chi connectivity index (χ0) is 24.0. The zero-order valence-corrected chi connectivity index (χ0v) is 19.9. The number of nitrogens with one attached hydrogen (secondary N) is 1. The van der Waals surface area contributed by atoms with Crippen LogP contribution in [0.25, 0.3) is 5.69 Å². The Bertz CT molecular complexity index is 1310. The van der Waals surface area contributed by atoms with Crippen LogP contribution < -0.4 is 10.1 Å². The number of aromatic nitrogens is 3. The first-order chi connectivity index (χ1) is 17.2. The van der Waals surface area contributed by atoms with E-state index in [9.17, 15) is 9.18 Å². The number of carbonyl (C=O) groups excluding carboxylic acids is 1. The lowest BCUT2D eigenvalue weighted by atomic mass is 9.88. The minimum atomic E-state index is -0.436. The van der Waals surface area contributed by atoms with Gasteiger partial charge >= 0.3 is 0 Å². The number of ether oxygens (including phenoxy) is 1. The number of nitrogens with zero attached hydrogens (tertiary/aromatic N) is 3. The molecule has 178 valence electrons. The minimum absolute atomic E-state index is 0.0322. The second-order valence-electron chi connectivity index (χ2n) is 8.29. The van der Waals surface area contributed by atoms with Gasteiger partial charge in [0.15, 0.2) is 22.5 Å². The standard InChI is InChI=1S/C27H25FN4O2S/c28-22-14-6-7-16-24(22)34-17-25-30-31-27(32(25)20-11-2-1-3-12-20)35-18-26(33)29-23-15-8-10-19-9-4-5-13-21(19)23/h1-7,9,11-14,16,23H,8,10,15,17-18H2,(H,29,33)/t23-/m0/s1. The Kier molecular flexibility index (Phi) is 7.09. The van der Waals surface area contributed by atoms with Gasteiger partial charge in [-0.3, -0.25) is 9.36 Å². The predicted molar refractivity (Wildman–Crippen MR) is 133 cm³/mol. The largest absolute Gasteiger partial charge is 0.483 e. The van der Waals surface area contributed by atoms with Gasteiger partial charge in [0.25, 0.3) is 0 Å². The summed E-state index contributed by atoms with van der Waals surface area (Å²) >= 11 is 1.31. The van der Waals surface area contributed by atoms with Crippen molar-refractivity contribution in [2.24, 2.45) is 0 Å². The van der Waals surface area contributed by atoms with E-state index in [0.717, 1.165) is 24.9 Å². The summed E-state index contributed by atoms with van der Waals surface area (Å²) in [7, 11) is 0. The van der Waals surface area contributed by atoms with Gasteiger partial charge in [0, 0.05) is 5.69 Å². The molecule has 35 heavy (non-hydrogen) atoms. The first-order valence-electron chi connectivity index (χ1n) is 11.6. The van der Waals surface area contributed by atoms with E-state index in [1.54, 1.807) is 18.2 Å². The quantitative estimate of drug-likeness (QED) is 0.342. The van der Waals surface area contributed by atoms with Crippen molar-refractivity contribution in [1.29, 1.82) is 0 Å². The number of hydrogen-bond donors (Lipinski definition) is 1. The van der Waals surface area contributed by atoms with Crippen molar-refractivity contribution in [3.63, 3.8) is 0 Å². The highest BCUT2D eigenvalue weighted by molar-refractivity contribution is 7.99. The molecule has 4 aromatic rings. The highest BCUT2D eigenvalue weighted by Crippen LogP contribution is 2.30. The molecule has 0 saturated carbocycles. The van der Waals surface area contributed by atoms with Crippen LogP contribution in [0, 0.1) is 5.82 Å². The second-order valence-corrected chi connectivity index (χ2v) is 9.23. The smallest absolute Gasteiger partial charge is 0.230 e. The van der Waals surface area contributed by atoms with Gasteiger partial charge in [-0.05, 0) is 54.7 Å². The molecule has 0 aliphatic heterocycles. The van der Waals surface area contributed by atoms with Crippen LogP contribution in [0.15, 0.2) is 84.0 Å². The number of thioether (sulfide) groups is 1. The highest BCUT2D eigenvalue weighted by Gasteiger charge is 2.22. The average molecular weight is 489 g/mol. The summed E-state index contributed by atoms with van der Waals surface area (Å²) in [5.74, 6) is 0.384. The highest BCUT2D eigenvalue weighted by atomic mass is 32.2. The molecule has 0 fully saturated rings. The molecule has 1 N–H and O–H groups in total. The van der Waals surface area contributed by atoms with Crippen molar-refractivity contribution in [3.8, 4) is 11.4 Å². The molecule has 5 rings (SSSR count). The molecular formula is C27H25FN4O2S. The molecule has 8 heteroatoms. The third-order valence-electron chi connectivity index (χ3n) is 5.95. The summed E-state index contributed by atoms with van der Waals surface area (Å²) in [4.78, 5) is 12.8. The average Bonchev–Trinajstić information content (AvgIpc) is 3.30. The summed E-state index contributed by atoms with van der Waals surface area (Å²) in [6, 6.07) is 24.2. The van der Waals surface area contributed by atoms with Gasteiger partial charge in [0.1, 0.15) is 6.61 Å². The van der Waals surface area contributed by atoms with E-state index in [1.807, 2.05) is 47.0 Å². The molecule has 6 nitrogen and oxygen atoms in total. The van der Waals surface area contributed by atoms with Crippen LogP contribution in [0.2, 0.25) is 0 Å². The first-order valence-corrected chi connectivity index (χ1v) is 12.5. The van der Waals surface area contributed by atoms with Crippen LogP contribution >= 0.6 is 11.8 Å². The fourth-order valence-electron chi connectivity index (χ4n) is 4.30. The van der Waals surface area contributed by atoms with E-state index in [1.165, 1.54) is 29.0 Å². The van der Waals surface area contributed by atoms with Gasteiger partial charge < -0.3 is 10.1 Å². The third kappa shape index (κ3) is 5.38. The van der Waals surface area contributed by atoms with E-state index in [2.05, 4.69) is 27.6 Å². The van der Waals surface area contributed by atoms with Gasteiger partial charge in [-0.1, -0.05) is 66.4 Å². The van der Waals surface area contributed by atoms with E-state index >= 15 is 0 Å². The number of benzene rings is 3. The molecule has 0 saturated heterocycles. The minimum Gasteiger partial charge on any atom is -0.483 e. The molecule has 0 radical (unpaired) electrons. The number of halogens is 1. The Morgan fingerprint density at radius 1 is 1.03 bits per heavy atom. The second kappa shape index (κ2) is 10.7. The Labute approximate surface area is 207 Å². The lowest BCUT2D eigenvalue weighted by Crippen LogP contribution is -2.32. The van der Waals surface area contributed by atoms with Gasteiger partial charge in [0.2, 0.25) is 5.91 Å². The number of fused-ring (bicyclic) bond motifs is 1. The van der Waals surface area contributed by atoms with E-state index in [0.29, 0.717) is 11.0 Å². The van der Waals surface area contributed by atoms with Crippen LogP contribution in [0.3, 0.4) is 0 Å². The monoisotopic (exact) mass is 488 g/mol. The molecular weight excluding hydrogens is 463 g/mol. The number of para-hydroxylation sites is 2. The molecule has 1 heterocycles. The summed E-state index contributed by atoms with van der Waals surface area (Å²) in [5, 5.41) is 12.3. The van der Waals surface area contributed by atoms with Crippen LogP contribution in [-0.2, 0) is 17.8 Å². The number of hydrogen-bond acceptors (Lipinski definition) is 5. The molecule has 0 unspecified atom stereocenters. The topological polar surface area (TPSA) is 69.0 Å². The zero-order valence-electron chi connectivity index (χ0n) is 19.1. The predicted octanol–water partition coefficient (Wildman–Crippen LogP) is 5.27. The molecule has 3 aromatic carbocycles. The van der Waals surface area contributed by atoms with E-state index in [4.69, 9.17) is 4.74 Å². The van der Waals surface area contributed by atoms with Crippen LogP contribution in [0.4, 0.5) is 4.39 Å². The van der Waals surface area contributed by atoms with Crippen molar-refractivity contribution in [3.05, 3.63) is 102 Å². The normalized spacial score (nSPS) is 14.8. The Morgan fingerprint density at radius 3 is 2.66 bits per heavy atom. The van der Waals surface area contributed by atoms with Gasteiger partial charge in [-0.15, -0.1) is 10.2 Å². The number of rotatable bonds is 8. The lowest BCUT2D eigenvalue weighted by Gasteiger charge is -2.26. The van der Waals surface area contributed by atoms with Crippen LogP contribution in [0.5, 0.6) is 5.75 Å². The summed E-state index contributed by atoms with van der Waals surface area (Å²) in [6.07, 6.45) is 3.04. The number of carbonyl (C=O) groups is 1. The number of aryl methyl sites for hydroxylation is 1. The molecule has 1 aliphatic carbocycles. The lowest BCUT2D eigenvalue weighted by molar-refractivity contribution is -0.119. The Hall–Kier alpha value is -3.65. The molecule has 1 aromatic heterocycles. The molecule has 0 bridgehead atoms. The van der Waals surface area contributed by atoms with Crippen molar-refractivity contribution in [2.45, 2.75) is 37.1 Å². The summed E-state index contributed by atoms with van der Waals surface area (Å²) in [6.45, 7) is 0.0362. The van der Waals surface area contributed by atoms with Gasteiger partial charge in [-0.2, -0.15) is 0 Å². The molecule has 1 amide bonds. The summed E-state index contributed by atoms with van der Waals surface area (Å²) in [5.41, 5.74) is 3.35. The first kappa shape index (κ1) is 23.1. The van der Waals surface area contributed by atoms with E-state index in [-0.39, 0.29) is 30.1 Å². The van der Waals surface area contributed by atoms with E-state index < -0.39 is 5.82 Å².